The molecule has 0 saturated heterocycles. The van der Waals surface area contributed by atoms with E-state index in [0.29, 0.717) is 12.8 Å². The molecule has 0 heterocycles. The van der Waals surface area contributed by atoms with E-state index in [0.717, 1.165) is 49.9 Å². The highest BCUT2D eigenvalue weighted by molar-refractivity contribution is 5.90. The zero-order valence-electron chi connectivity index (χ0n) is 17.8. The van der Waals surface area contributed by atoms with Gasteiger partial charge >= 0.3 is 5.97 Å². The number of carboxylic acid groups (broad SMARTS) is 1. The van der Waals surface area contributed by atoms with Crippen LogP contribution in [0.2, 0.25) is 0 Å². The first-order chi connectivity index (χ1) is 14.0. The molecular weight excluding hydrogens is 388 g/mol. The van der Waals surface area contributed by atoms with Gasteiger partial charge in [0, 0.05) is 24.2 Å². The molecule has 0 fully saturated rings. The van der Waals surface area contributed by atoms with Gasteiger partial charge in [0.1, 0.15) is 0 Å². The predicted molar refractivity (Wildman–Crippen MR) is 135 cm³/mol. The van der Waals surface area contributed by atoms with Gasteiger partial charge in [-0.3, -0.25) is 9.59 Å². The van der Waals surface area contributed by atoms with E-state index in [2.05, 4.69) is 19.2 Å². The minimum Gasteiger partial charge on any atom is -0.481 e. The lowest BCUT2D eigenvalue weighted by Crippen LogP contribution is -2.10. The Labute approximate surface area is 190 Å². The number of nitrogens with one attached hydrogen (secondary N) is 1. The van der Waals surface area contributed by atoms with E-state index in [4.69, 9.17) is 10.8 Å². The van der Waals surface area contributed by atoms with Crippen molar-refractivity contribution in [1.29, 1.82) is 0 Å². The average molecular weight is 433 g/mol. The summed E-state index contributed by atoms with van der Waals surface area (Å²) in [4.78, 5) is 21.3. The van der Waals surface area contributed by atoms with Gasteiger partial charge in [-0.2, -0.15) is 0 Å². The van der Waals surface area contributed by atoms with Gasteiger partial charge in [0.2, 0.25) is 5.91 Å². The monoisotopic (exact) mass is 432 g/mol. The summed E-state index contributed by atoms with van der Waals surface area (Å²) in [5, 5.41) is 11.0. The van der Waals surface area contributed by atoms with Gasteiger partial charge in [0.05, 0.1) is 0 Å². The van der Waals surface area contributed by atoms with Crippen LogP contribution >= 0.6 is 0 Å². The third-order valence-corrected chi connectivity index (χ3v) is 3.86. The third-order valence-electron chi connectivity index (χ3n) is 3.86. The zero-order valence-corrected chi connectivity index (χ0v) is 17.8. The fourth-order valence-corrected chi connectivity index (χ4v) is 2.26. The van der Waals surface area contributed by atoms with Crippen molar-refractivity contribution in [2.24, 2.45) is 0 Å². The number of hydrogen-bond acceptors (Lipinski definition) is 3. The Morgan fingerprint density at radius 2 is 1.23 bits per heavy atom. The molecule has 0 radical (unpaired) electrons. The predicted octanol–water partition coefficient (Wildman–Crippen LogP) is 7.40. The first-order valence-electron chi connectivity index (χ1n) is 10.4. The Hall–Kier alpha value is -2.82. The summed E-state index contributed by atoms with van der Waals surface area (Å²) < 4.78 is 0. The number of unbranched alkanes of at least 4 members (excludes halogenated alkanes) is 4. The Morgan fingerprint density at radius 3 is 1.61 bits per heavy atom. The van der Waals surface area contributed by atoms with Crippen LogP contribution in [0, 0.1) is 0 Å². The van der Waals surface area contributed by atoms with Gasteiger partial charge in [0.15, 0.2) is 0 Å². The number of rotatable bonds is 9. The van der Waals surface area contributed by atoms with Crippen molar-refractivity contribution in [3.8, 4) is 0 Å². The van der Waals surface area contributed by atoms with Gasteiger partial charge in [0.25, 0.3) is 0 Å². The third kappa shape index (κ3) is 23.3. The summed E-state index contributed by atoms with van der Waals surface area (Å²) in [5.74, 6) is -0.567. The fraction of sp³-hybridized carbons (Fsp3) is 0.462. The molecule has 0 spiro atoms. The molecule has 0 aliphatic carbocycles. The zero-order chi connectivity index (χ0) is 21.7. The van der Waals surface area contributed by atoms with Gasteiger partial charge in [-0.05, 0) is 37.1 Å². The Morgan fingerprint density at radius 1 is 0.774 bits per heavy atom. The maximum absolute atomic E-state index is 11.4. The first-order valence-corrected chi connectivity index (χ1v) is 10.4. The highest BCUT2D eigenvalue weighted by Gasteiger charge is 2.00. The van der Waals surface area contributed by atoms with Gasteiger partial charge < -0.3 is 16.2 Å². The summed E-state index contributed by atoms with van der Waals surface area (Å²) >= 11 is 0. The first kappa shape index (κ1) is 32.8. The van der Waals surface area contributed by atoms with Crippen LogP contribution in [0.4, 0.5) is 11.4 Å². The van der Waals surface area contributed by atoms with Crippen LogP contribution in [0.5, 0.6) is 0 Å². The number of aliphatic carboxylic acids is 1. The Kier molecular flexibility index (Phi) is 24.8. The summed E-state index contributed by atoms with van der Waals surface area (Å²) in [6.45, 7) is 4.19. The van der Waals surface area contributed by atoms with E-state index in [9.17, 15) is 9.59 Å². The normalized spacial score (nSPS) is 8.71. The molecule has 0 aliphatic heterocycles. The fourth-order valence-electron chi connectivity index (χ4n) is 2.26. The van der Waals surface area contributed by atoms with Crippen molar-refractivity contribution in [3.05, 3.63) is 60.7 Å². The Balaban J connectivity index is -0.000000397. The summed E-state index contributed by atoms with van der Waals surface area (Å²) in [5.41, 5.74) is 7.06. The SMILES string of the molecule is C.C.CCCCCC(=O)Nc1ccccc1.CCCCCC(=O)O.Nc1ccccc1. The van der Waals surface area contributed by atoms with Crippen molar-refractivity contribution in [1.82, 2.24) is 0 Å². The highest BCUT2D eigenvalue weighted by Crippen LogP contribution is 2.07. The number of carbonyl (C=O) groups is 2. The van der Waals surface area contributed by atoms with E-state index in [1.165, 1.54) is 0 Å². The van der Waals surface area contributed by atoms with Gasteiger partial charge in [-0.1, -0.05) is 90.8 Å². The van der Waals surface area contributed by atoms with E-state index in [-0.39, 0.29) is 20.8 Å². The molecule has 5 nitrogen and oxygen atoms in total. The second-order valence-corrected chi connectivity index (χ2v) is 6.63. The topological polar surface area (TPSA) is 92.4 Å². The van der Waals surface area contributed by atoms with Gasteiger partial charge in [-0.25, -0.2) is 0 Å². The standard InChI is InChI=1S/C12H17NO.C6H7N.C6H12O2.2CH4/c1-2-3-5-10-12(14)13-11-8-6-4-7-9-11;7-6-4-2-1-3-5-6;1-2-3-4-5-6(7)8;;/h4,6-9H,2-3,5,10H2,1H3,(H,13,14);1-5H,7H2;2-5H2,1H3,(H,7,8);2*1H4. The van der Waals surface area contributed by atoms with Crippen LogP contribution in [0.3, 0.4) is 0 Å². The van der Waals surface area contributed by atoms with Crippen LogP contribution in [0.1, 0.15) is 80.1 Å². The number of amides is 1. The van der Waals surface area contributed by atoms with Crippen molar-refractivity contribution >= 4 is 23.3 Å². The lowest BCUT2D eigenvalue weighted by molar-refractivity contribution is -0.137. The van der Waals surface area contributed by atoms with E-state index in [1.54, 1.807) is 0 Å². The lowest BCUT2D eigenvalue weighted by Gasteiger charge is -2.03. The minimum atomic E-state index is -0.682. The number of carboxylic acids is 1. The van der Waals surface area contributed by atoms with Crippen LogP contribution in [0.15, 0.2) is 60.7 Å². The number of benzene rings is 2. The molecule has 5 heteroatoms. The molecule has 2 rings (SSSR count). The lowest BCUT2D eigenvalue weighted by atomic mass is 10.2. The van der Waals surface area contributed by atoms with Crippen molar-refractivity contribution in [2.75, 3.05) is 11.1 Å². The van der Waals surface area contributed by atoms with Crippen molar-refractivity contribution < 1.29 is 14.7 Å². The second kappa shape index (κ2) is 23.5. The molecule has 4 N–H and O–H groups in total. The molecule has 0 aromatic heterocycles. The molecule has 1 amide bonds. The number of nitrogen functional groups attached to an aromatic ring is 1. The summed E-state index contributed by atoms with van der Waals surface area (Å²) in [6, 6.07) is 19.1. The number of hydrogen-bond donors (Lipinski definition) is 3. The minimum absolute atomic E-state index is 0. The maximum Gasteiger partial charge on any atom is 0.303 e. The average Bonchev–Trinajstić information content (AvgIpc) is 2.70. The van der Waals surface area contributed by atoms with Gasteiger partial charge in [-0.15, -0.1) is 0 Å². The van der Waals surface area contributed by atoms with E-state index >= 15 is 0 Å². The van der Waals surface area contributed by atoms with E-state index in [1.807, 2.05) is 60.7 Å². The molecule has 0 bridgehead atoms. The molecule has 2 aromatic carbocycles. The number of carbonyl (C=O) groups excluding carboxylic acids is 1. The van der Waals surface area contributed by atoms with Crippen LogP contribution in [-0.4, -0.2) is 17.0 Å². The molecule has 176 valence electrons. The van der Waals surface area contributed by atoms with Crippen LogP contribution in [-0.2, 0) is 9.59 Å². The van der Waals surface area contributed by atoms with Crippen LogP contribution in [0.25, 0.3) is 0 Å². The molecule has 2 aromatic rings. The Bertz CT molecular complexity index is 646. The summed E-state index contributed by atoms with van der Waals surface area (Å²) in [6.07, 6.45) is 7.16. The number of para-hydroxylation sites is 2. The summed E-state index contributed by atoms with van der Waals surface area (Å²) in [7, 11) is 0. The van der Waals surface area contributed by atoms with E-state index < -0.39 is 5.97 Å². The second-order valence-electron chi connectivity index (χ2n) is 6.63. The quantitative estimate of drug-likeness (QED) is 0.284. The highest BCUT2D eigenvalue weighted by atomic mass is 16.4. The number of nitrogens with two attached hydrogens (primary N) is 1. The van der Waals surface area contributed by atoms with Crippen molar-refractivity contribution in [3.63, 3.8) is 0 Å². The van der Waals surface area contributed by atoms with Crippen molar-refractivity contribution in [2.45, 2.75) is 80.1 Å². The molecule has 0 atom stereocenters. The largest absolute Gasteiger partial charge is 0.481 e. The number of anilines is 2. The smallest absolute Gasteiger partial charge is 0.303 e. The maximum atomic E-state index is 11.4. The molecule has 31 heavy (non-hydrogen) atoms. The molecule has 0 aliphatic rings. The molecule has 0 saturated carbocycles. The molecule has 0 unspecified atom stereocenters. The molecular formula is C26H44N2O3. The van der Waals surface area contributed by atoms with Crippen LogP contribution < -0.4 is 11.1 Å².